The molecule has 1 aliphatic rings. The van der Waals surface area contributed by atoms with Crippen LogP contribution in [0.15, 0.2) is 48.5 Å². The topological polar surface area (TPSA) is 67.4 Å². The number of ether oxygens (including phenoxy) is 1. The van der Waals surface area contributed by atoms with Gasteiger partial charge in [-0.3, -0.25) is 9.59 Å². The molecule has 0 bridgehead atoms. The fraction of sp³-hybridized carbons (Fsp3) is 0.200. The van der Waals surface area contributed by atoms with Crippen LogP contribution in [-0.4, -0.2) is 23.6 Å². The number of carbonyl (C=O) groups is 2. The van der Waals surface area contributed by atoms with Gasteiger partial charge in [0.15, 0.2) is 5.60 Å². The first-order valence-corrected chi connectivity index (χ1v) is 8.35. The maximum Gasteiger partial charge on any atom is 0.409 e. The maximum absolute atomic E-state index is 12.4. The third-order valence-corrected chi connectivity index (χ3v) is 4.04. The number of hydrogen-bond acceptors (Lipinski definition) is 3. The van der Waals surface area contributed by atoms with E-state index in [9.17, 15) is 22.8 Å². The zero-order chi connectivity index (χ0) is 20.5. The lowest BCUT2D eigenvalue weighted by atomic mass is 10.1. The first-order valence-electron chi connectivity index (χ1n) is 8.35. The zero-order valence-electron chi connectivity index (χ0n) is 15.1. The summed E-state index contributed by atoms with van der Waals surface area (Å²) in [4.78, 5) is 24.3. The van der Waals surface area contributed by atoms with Crippen LogP contribution in [0.3, 0.4) is 0 Å². The number of anilines is 2. The molecule has 3 rings (SSSR count). The van der Waals surface area contributed by atoms with Gasteiger partial charge in [0.05, 0.1) is 5.69 Å². The van der Waals surface area contributed by atoms with Crippen molar-refractivity contribution in [2.75, 3.05) is 10.6 Å². The van der Waals surface area contributed by atoms with Crippen LogP contribution in [0.4, 0.5) is 24.5 Å². The van der Waals surface area contributed by atoms with Gasteiger partial charge >= 0.3 is 6.18 Å². The summed E-state index contributed by atoms with van der Waals surface area (Å²) in [7, 11) is 0. The molecule has 0 saturated heterocycles. The zero-order valence-corrected chi connectivity index (χ0v) is 15.1. The van der Waals surface area contributed by atoms with E-state index in [4.69, 9.17) is 4.74 Å². The van der Waals surface area contributed by atoms with Crippen molar-refractivity contribution in [1.29, 1.82) is 0 Å². The molecule has 2 amide bonds. The van der Waals surface area contributed by atoms with Crippen LogP contribution >= 0.6 is 0 Å². The van der Waals surface area contributed by atoms with E-state index >= 15 is 0 Å². The summed E-state index contributed by atoms with van der Waals surface area (Å²) in [6.45, 7) is 3.26. The van der Waals surface area contributed by atoms with E-state index in [0.29, 0.717) is 22.7 Å². The number of rotatable bonds is 3. The van der Waals surface area contributed by atoms with Gasteiger partial charge in [-0.05, 0) is 43.7 Å². The molecule has 0 aliphatic carbocycles. The van der Waals surface area contributed by atoms with Crippen LogP contribution in [0.1, 0.15) is 29.8 Å². The number of amides is 2. The number of alkyl halides is 3. The Labute approximate surface area is 159 Å². The molecule has 2 N–H and O–H groups in total. The Morgan fingerprint density at radius 2 is 1.82 bits per heavy atom. The van der Waals surface area contributed by atoms with Crippen molar-refractivity contribution in [2.45, 2.75) is 25.6 Å². The Morgan fingerprint density at radius 3 is 2.46 bits per heavy atom. The number of hydrogen-bond donors (Lipinski definition) is 2. The van der Waals surface area contributed by atoms with E-state index in [0.717, 1.165) is 6.08 Å². The van der Waals surface area contributed by atoms with E-state index in [1.54, 1.807) is 32.0 Å². The molecule has 1 heterocycles. The molecule has 5 nitrogen and oxygen atoms in total. The Bertz CT molecular complexity index is 948. The highest BCUT2D eigenvalue weighted by molar-refractivity contribution is 6.05. The van der Waals surface area contributed by atoms with Gasteiger partial charge in [-0.25, -0.2) is 0 Å². The minimum atomic E-state index is -4.39. The van der Waals surface area contributed by atoms with Gasteiger partial charge in [0.25, 0.3) is 11.8 Å². The second-order valence-corrected chi connectivity index (χ2v) is 6.73. The summed E-state index contributed by atoms with van der Waals surface area (Å²) in [6.07, 6.45) is -3.33. The second-order valence-electron chi connectivity index (χ2n) is 6.73. The van der Waals surface area contributed by atoms with E-state index in [2.05, 4.69) is 10.6 Å². The number of allylic oxidation sites excluding steroid dienone is 1. The Kier molecular flexibility index (Phi) is 4.89. The van der Waals surface area contributed by atoms with Gasteiger partial charge in [0.1, 0.15) is 5.75 Å². The van der Waals surface area contributed by atoms with Crippen LogP contribution in [0.2, 0.25) is 0 Å². The van der Waals surface area contributed by atoms with Crippen molar-refractivity contribution in [2.24, 2.45) is 0 Å². The highest BCUT2D eigenvalue weighted by Crippen LogP contribution is 2.35. The number of nitrogens with one attached hydrogen (secondary N) is 2. The smallest absolute Gasteiger partial charge is 0.409 e. The normalized spacial score (nSPS) is 15.5. The molecular weight excluding hydrogens is 373 g/mol. The van der Waals surface area contributed by atoms with Crippen LogP contribution < -0.4 is 15.4 Å². The lowest BCUT2D eigenvalue weighted by molar-refractivity contribution is -0.129. The van der Waals surface area contributed by atoms with Crippen LogP contribution in [-0.2, 0) is 4.79 Å². The lowest BCUT2D eigenvalue weighted by Gasteiger charge is -2.31. The number of halogens is 3. The summed E-state index contributed by atoms with van der Waals surface area (Å²) in [5.41, 5.74) is 0.542. The molecule has 2 aromatic rings. The summed E-state index contributed by atoms with van der Waals surface area (Å²) in [6, 6.07) is 10.5. The second kappa shape index (κ2) is 7.03. The molecule has 2 aromatic carbocycles. The summed E-state index contributed by atoms with van der Waals surface area (Å²) >= 11 is 0. The van der Waals surface area contributed by atoms with Crippen molar-refractivity contribution in [3.8, 4) is 5.75 Å². The first kappa shape index (κ1) is 19.5. The van der Waals surface area contributed by atoms with Gasteiger partial charge in [-0.2, -0.15) is 13.2 Å². The molecule has 0 unspecified atom stereocenters. The largest absolute Gasteiger partial charge is 0.476 e. The van der Waals surface area contributed by atoms with Crippen molar-refractivity contribution in [3.63, 3.8) is 0 Å². The Balaban J connectivity index is 1.72. The number of fused-ring (bicyclic) bond motifs is 1. The Hall–Kier alpha value is -3.29. The van der Waals surface area contributed by atoms with Crippen molar-refractivity contribution in [1.82, 2.24) is 0 Å². The maximum atomic E-state index is 12.4. The van der Waals surface area contributed by atoms with E-state index in [-0.39, 0.29) is 17.5 Å². The van der Waals surface area contributed by atoms with Crippen LogP contribution in [0.5, 0.6) is 5.75 Å². The highest BCUT2D eigenvalue weighted by atomic mass is 19.4. The SMILES string of the molecule is CC1(C)Oc2cc(NC(=O)c3ccc(C=CC(F)(F)F)cc3)ccc2NC1=O. The number of benzene rings is 2. The van der Waals surface area contributed by atoms with Gasteiger partial charge in [-0.15, -0.1) is 0 Å². The average molecular weight is 390 g/mol. The minimum absolute atomic E-state index is 0.134. The molecule has 0 atom stereocenters. The Morgan fingerprint density at radius 1 is 1.14 bits per heavy atom. The van der Waals surface area contributed by atoms with Gasteiger partial charge in [0, 0.05) is 23.4 Å². The lowest BCUT2D eigenvalue weighted by Crippen LogP contribution is -2.45. The molecular formula is C20H17F3N2O3. The minimum Gasteiger partial charge on any atom is -0.476 e. The summed E-state index contributed by atoms with van der Waals surface area (Å²) in [5.74, 6) is -0.267. The predicted molar refractivity (Wildman–Crippen MR) is 99.3 cm³/mol. The van der Waals surface area contributed by atoms with Crippen LogP contribution in [0, 0.1) is 0 Å². The van der Waals surface area contributed by atoms with Gasteiger partial charge < -0.3 is 15.4 Å². The third-order valence-electron chi connectivity index (χ3n) is 4.04. The molecule has 28 heavy (non-hydrogen) atoms. The number of carbonyl (C=O) groups excluding carboxylic acids is 2. The highest BCUT2D eigenvalue weighted by Gasteiger charge is 2.35. The van der Waals surface area contributed by atoms with Crippen molar-refractivity contribution in [3.05, 3.63) is 59.7 Å². The van der Waals surface area contributed by atoms with E-state index in [1.807, 2.05) is 0 Å². The van der Waals surface area contributed by atoms with Gasteiger partial charge in [0.2, 0.25) is 0 Å². The van der Waals surface area contributed by atoms with Gasteiger partial charge in [-0.1, -0.05) is 18.2 Å². The standard InChI is InChI=1S/C20H17F3N2O3/c1-19(2)18(27)25-15-8-7-14(11-16(15)28-19)24-17(26)13-5-3-12(4-6-13)9-10-20(21,22)23/h3-11H,1-2H3,(H,24,26)(H,25,27). The fourth-order valence-electron chi connectivity index (χ4n) is 2.52. The molecule has 8 heteroatoms. The molecule has 0 radical (unpaired) electrons. The summed E-state index contributed by atoms with van der Waals surface area (Å²) in [5, 5.41) is 5.42. The monoisotopic (exact) mass is 390 g/mol. The quantitative estimate of drug-likeness (QED) is 0.803. The third kappa shape index (κ3) is 4.51. The van der Waals surface area contributed by atoms with Crippen molar-refractivity contribution >= 4 is 29.3 Å². The average Bonchev–Trinajstić information content (AvgIpc) is 2.60. The van der Waals surface area contributed by atoms with E-state index < -0.39 is 17.7 Å². The van der Waals surface area contributed by atoms with E-state index in [1.165, 1.54) is 24.3 Å². The molecule has 1 aliphatic heterocycles. The van der Waals surface area contributed by atoms with Crippen molar-refractivity contribution < 1.29 is 27.5 Å². The summed E-state index contributed by atoms with van der Waals surface area (Å²) < 4.78 is 42.3. The molecule has 0 fully saturated rings. The molecule has 146 valence electrons. The predicted octanol–water partition coefficient (Wildman–Crippen LogP) is 4.62. The molecule has 0 aromatic heterocycles. The fourth-order valence-corrected chi connectivity index (χ4v) is 2.52. The van der Waals surface area contributed by atoms with Crippen LogP contribution in [0.25, 0.3) is 6.08 Å². The first-order chi connectivity index (χ1) is 13.0. The molecule has 0 saturated carbocycles. The molecule has 0 spiro atoms.